The van der Waals surface area contributed by atoms with E-state index in [0.29, 0.717) is 5.41 Å². The SMILES string of the molecule is Clc1ccc(Cl)c(CC2(CBr)CC3CCC2C3)c1. The van der Waals surface area contributed by atoms with Crippen molar-refractivity contribution in [3.63, 3.8) is 0 Å². The van der Waals surface area contributed by atoms with Crippen molar-refractivity contribution in [1.82, 2.24) is 0 Å². The molecule has 0 radical (unpaired) electrons. The smallest absolute Gasteiger partial charge is 0.0439 e. The molecule has 0 amide bonds. The van der Waals surface area contributed by atoms with Crippen LogP contribution in [0.25, 0.3) is 0 Å². The zero-order valence-electron chi connectivity index (χ0n) is 10.3. The van der Waals surface area contributed by atoms with Gasteiger partial charge in [0.2, 0.25) is 0 Å². The van der Waals surface area contributed by atoms with Crippen LogP contribution in [-0.4, -0.2) is 5.33 Å². The molecule has 18 heavy (non-hydrogen) atoms. The summed E-state index contributed by atoms with van der Waals surface area (Å²) in [6.45, 7) is 0. The molecule has 2 bridgehead atoms. The largest absolute Gasteiger partial charge is 0.0922 e. The first-order chi connectivity index (χ1) is 8.63. The van der Waals surface area contributed by atoms with Crippen LogP contribution < -0.4 is 0 Å². The molecule has 3 rings (SSSR count). The Balaban J connectivity index is 1.88. The summed E-state index contributed by atoms with van der Waals surface area (Å²) in [4.78, 5) is 0. The van der Waals surface area contributed by atoms with Crippen LogP contribution in [0.3, 0.4) is 0 Å². The highest BCUT2D eigenvalue weighted by Gasteiger charge is 2.50. The van der Waals surface area contributed by atoms with Crippen molar-refractivity contribution in [3.05, 3.63) is 33.8 Å². The van der Waals surface area contributed by atoms with Gasteiger partial charge in [0, 0.05) is 15.4 Å². The topological polar surface area (TPSA) is 0 Å². The van der Waals surface area contributed by atoms with Gasteiger partial charge in [0.25, 0.3) is 0 Å². The summed E-state index contributed by atoms with van der Waals surface area (Å²) in [6, 6.07) is 5.84. The van der Waals surface area contributed by atoms with Crippen molar-refractivity contribution in [1.29, 1.82) is 0 Å². The number of rotatable bonds is 3. The molecule has 2 fully saturated rings. The van der Waals surface area contributed by atoms with E-state index in [1.807, 2.05) is 18.2 Å². The second-order valence-corrected chi connectivity index (χ2v) is 7.39. The summed E-state index contributed by atoms with van der Waals surface area (Å²) < 4.78 is 0. The second kappa shape index (κ2) is 5.00. The van der Waals surface area contributed by atoms with Gasteiger partial charge >= 0.3 is 0 Å². The van der Waals surface area contributed by atoms with Crippen LogP contribution >= 0.6 is 39.1 Å². The molecule has 1 aromatic rings. The van der Waals surface area contributed by atoms with Gasteiger partial charge in [-0.05, 0) is 66.7 Å². The predicted molar refractivity (Wildman–Crippen MR) is 81.8 cm³/mol. The molecule has 2 saturated carbocycles. The Morgan fingerprint density at radius 2 is 2.11 bits per heavy atom. The van der Waals surface area contributed by atoms with Crippen LogP contribution in [0.15, 0.2) is 18.2 Å². The molecule has 3 unspecified atom stereocenters. The molecule has 2 aliphatic carbocycles. The lowest BCUT2D eigenvalue weighted by Gasteiger charge is -2.36. The highest BCUT2D eigenvalue weighted by atomic mass is 79.9. The molecule has 0 saturated heterocycles. The van der Waals surface area contributed by atoms with Gasteiger partial charge in [-0.15, -0.1) is 0 Å². The van der Waals surface area contributed by atoms with E-state index in [2.05, 4.69) is 15.9 Å². The maximum atomic E-state index is 6.32. The number of alkyl halides is 1. The maximum absolute atomic E-state index is 6.32. The van der Waals surface area contributed by atoms with Crippen molar-refractivity contribution < 1.29 is 0 Å². The van der Waals surface area contributed by atoms with E-state index >= 15 is 0 Å². The third-order valence-electron chi connectivity index (χ3n) is 4.92. The van der Waals surface area contributed by atoms with Crippen LogP contribution in [-0.2, 0) is 6.42 Å². The van der Waals surface area contributed by atoms with Crippen LogP contribution in [0.4, 0.5) is 0 Å². The molecule has 1 aromatic carbocycles. The quantitative estimate of drug-likeness (QED) is 0.612. The van der Waals surface area contributed by atoms with E-state index in [4.69, 9.17) is 23.2 Å². The van der Waals surface area contributed by atoms with E-state index in [1.165, 1.54) is 31.2 Å². The lowest BCUT2D eigenvalue weighted by molar-refractivity contribution is 0.197. The Hall–Kier alpha value is 0.280. The minimum absolute atomic E-state index is 0.414. The third-order valence-corrected chi connectivity index (χ3v) is 6.64. The first kappa shape index (κ1) is 13.3. The number of hydrogen-bond acceptors (Lipinski definition) is 0. The van der Waals surface area contributed by atoms with E-state index in [0.717, 1.165) is 33.6 Å². The average Bonchev–Trinajstić information content (AvgIpc) is 2.94. The zero-order chi connectivity index (χ0) is 12.8. The van der Waals surface area contributed by atoms with Crippen LogP contribution in [0.5, 0.6) is 0 Å². The lowest BCUT2D eigenvalue weighted by atomic mass is 9.71. The number of benzene rings is 1. The Morgan fingerprint density at radius 3 is 2.72 bits per heavy atom. The molecular weight excluding hydrogens is 331 g/mol. The van der Waals surface area contributed by atoms with Crippen molar-refractivity contribution >= 4 is 39.1 Å². The molecule has 2 aliphatic rings. The van der Waals surface area contributed by atoms with Gasteiger partial charge in [0.1, 0.15) is 0 Å². The van der Waals surface area contributed by atoms with E-state index in [9.17, 15) is 0 Å². The van der Waals surface area contributed by atoms with Gasteiger partial charge in [-0.2, -0.15) is 0 Å². The van der Waals surface area contributed by atoms with Crippen molar-refractivity contribution in [3.8, 4) is 0 Å². The van der Waals surface area contributed by atoms with Gasteiger partial charge in [-0.3, -0.25) is 0 Å². The highest BCUT2D eigenvalue weighted by Crippen LogP contribution is 2.58. The fourth-order valence-electron chi connectivity index (χ4n) is 4.04. The van der Waals surface area contributed by atoms with Crippen molar-refractivity contribution in [2.24, 2.45) is 17.3 Å². The zero-order valence-corrected chi connectivity index (χ0v) is 13.4. The standard InChI is InChI=1S/C15H17BrCl2/c16-9-15(7-10-1-2-12(15)5-10)8-11-6-13(17)3-4-14(11)18/h3-4,6,10,12H,1-2,5,7-9H2. The monoisotopic (exact) mass is 346 g/mol. The van der Waals surface area contributed by atoms with E-state index < -0.39 is 0 Å². The summed E-state index contributed by atoms with van der Waals surface area (Å²) in [5.74, 6) is 1.82. The molecule has 0 aliphatic heterocycles. The van der Waals surface area contributed by atoms with Crippen molar-refractivity contribution in [2.75, 3.05) is 5.33 Å². The second-order valence-electron chi connectivity index (χ2n) is 5.99. The highest BCUT2D eigenvalue weighted by molar-refractivity contribution is 9.09. The van der Waals surface area contributed by atoms with Gasteiger partial charge < -0.3 is 0 Å². The normalized spacial score (nSPS) is 34.2. The summed E-state index contributed by atoms with van der Waals surface area (Å²) in [5.41, 5.74) is 1.63. The molecule has 0 heterocycles. The lowest BCUT2D eigenvalue weighted by Crippen LogP contribution is -2.32. The molecule has 0 spiro atoms. The van der Waals surface area contributed by atoms with Gasteiger partial charge in [-0.1, -0.05) is 45.6 Å². The summed E-state index contributed by atoms with van der Waals surface area (Å²) in [6.07, 6.45) is 6.67. The molecular formula is C15H17BrCl2. The van der Waals surface area contributed by atoms with Crippen molar-refractivity contribution in [2.45, 2.75) is 32.1 Å². The van der Waals surface area contributed by atoms with Crippen LogP contribution in [0.2, 0.25) is 10.0 Å². The molecule has 98 valence electrons. The predicted octanol–water partition coefficient (Wildman–Crippen LogP) is 5.74. The van der Waals surface area contributed by atoms with Gasteiger partial charge in [0.15, 0.2) is 0 Å². The van der Waals surface area contributed by atoms with E-state index in [1.54, 1.807) is 0 Å². The molecule has 3 atom stereocenters. The average molecular weight is 348 g/mol. The third kappa shape index (κ3) is 2.23. The number of fused-ring (bicyclic) bond motifs is 2. The number of halogens is 3. The summed E-state index contributed by atoms with van der Waals surface area (Å²) >= 11 is 16.2. The van der Waals surface area contributed by atoms with Gasteiger partial charge in [0.05, 0.1) is 0 Å². The molecule has 0 aromatic heterocycles. The Labute approximate surface area is 127 Å². The van der Waals surface area contributed by atoms with E-state index in [-0.39, 0.29) is 0 Å². The Kier molecular flexibility index (Phi) is 3.68. The summed E-state index contributed by atoms with van der Waals surface area (Å²) in [5, 5.41) is 2.74. The summed E-state index contributed by atoms with van der Waals surface area (Å²) in [7, 11) is 0. The molecule has 0 N–H and O–H groups in total. The Bertz CT molecular complexity index is 460. The first-order valence-corrected chi connectivity index (χ1v) is 8.50. The fourth-order valence-corrected chi connectivity index (χ4v) is 5.31. The Morgan fingerprint density at radius 1 is 1.28 bits per heavy atom. The van der Waals surface area contributed by atoms with Gasteiger partial charge in [-0.25, -0.2) is 0 Å². The minimum Gasteiger partial charge on any atom is -0.0922 e. The van der Waals surface area contributed by atoms with Crippen LogP contribution in [0.1, 0.15) is 31.2 Å². The van der Waals surface area contributed by atoms with Crippen LogP contribution in [0, 0.1) is 17.3 Å². The number of hydrogen-bond donors (Lipinski definition) is 0. The molecule has 3 heteroatoms. The minimum atomic E-state index is 0.414. The maximum Gasteiger partial charge on any atom is 0.0439 e. The molecule has 0 nitrogen and oxygen atoms in total. The first-order valence-electron chi connectivity index (χ1n) is 6.63. The fraction of sp³-hybridized carbons (Fsp3) is 0.600.